The molecule has 0 aliphatic rings. The van der Waals surface area contributed by atoms with E-state index in [4.69, 9.17) is 9.84 Å². The van der Waals surface area contributed by atoms with Gasteiger partial charge in [0.2, 0.25) is 0 Å². The fourth-order valence-electron chi connectivity index (χ4n) is 1.80. The summed E-state index contributed by atoms with van der Waals surface area (Å²) >= 11 is 0. The molecule has 2 aromatic rings. The van der Waals surface area contributed by atoms with E-state index >= 15 is 0 Å². The monoisotopic (exact) mass is 232 g/mol. The average molecular weight is 232 g/mol. The molecular formula is C13H16N2O2. The molecule has 0 bridgehead atoms. The van der Waals surface area contributed by atoms with Gasteiger partial charge in [-0.25, -0.2) is 4.98 Å². The van der Waals surface area contributed by atoms with Crippen LogP contribution in [-0.4, -0.2) is 22.2 Å². The zero-order valence-electron chi connectivity index (χ0n) is 10.0. The van der Waals surface area contributed by atoms with Gasteiger partial charge >= 0.3 is 0 Å². The molecule has 1 aromatic carbocycles. The molecule has 0 radical (unpaired) electrons. The van der Waals surface area contributed by atoms with Crippen LogP contribution in [0.4, 0.5) is 0 Å². The summed E-state index contributed by atoms with van der Waals surface area (Å²) in [4.78, 5) is 7.50. The number of rotatable bonds is 4. The summed E-state index contributed by atoms with van der Waals surface area (Å²) in [5.41, 5.74) is 2.91. The quantitative estimate of drug-likeness (QED) is 0.849. The number of methoxy groups -OCH3 is 1. The van der Waals surface area contributed by atoms with Gasteiger partial charge in [-0.2, -0.15) is 0 Å². The lowest BCUT2D eigenvalue weighted by molar-refractivity contribution is 0.272. The number of aryl methyl sites for hydroxylation is 1. The number of H-pyrrole nitrogens is 1. The van der Waals surface area contributed by atoms with Gasteiger partial charge in [-0.3, -0.25) is 0 Å². The van der Waals surface area contributed by atoms with Crippen LogP contribution in [0.25, 0.3) is 11.3 Å². The molecule has 0 saturated heterocycles. The summed E-state index contributed by atoms with van der Waals surface area (Å²) in [7, 11) is 1.64. The Hall–Kier alpha value is -1.81. The number of aromatic amines is 1. The van der Waals surface area contributed by atoms with E-state index in [1.807, 2.05) is 24.3 Å². The number of benzene rings is 1. The van der Waals surface area contributed by atoms with Crippen LogP contribution in [0.2, 0.25) is 0 Å². The Morgan fingerprint density at radius 1 is 1.41 bits per heavy atom. The number of imidazole rings is 1. The third kappa shape index (κ3) is 2.31. The Balaban J connectivity index is 2.47. The largest absolute Gasteiger partial charge is 0.497 e. The van der Waals surface area contributed by atoms with Crippen LogP contribution in [0.1, 0.15) is 18.4 Å². The lowest BCUT2D eigenvalue weighted by atomic mass is 10.1. The van der Waals surface area contributed by atoms with Crippen molar-refractivity contribution in [2.24, 2.45) is 0 Å². The van der Waals surface area contributed by atoms with E-state index in [0.717, 1.165) is 29.1 Å². The van der Waals surface area contributed by atoms with Gasteiger partial charge in [0.1, 0.15) is 18.2 Å². The number of nitrogens with zero attached hydrogens (tertiary/aromatic N) is 1. The fraction of sp³-hybridized carbons (Fsp3) is 0.308. The van der Waals surface area contributed by atoms with Crippen molar-refractivity contribution in [3.8, 4) is 17.0 Å². The van der Waals surface area contributed by atoms with Crippen LogP contribution in [0.3, 0.4) is 0 Å². The molecule has 0 saturated carbocycles. The topological polar surface area (TPSA) is 58.1 Å². The molecule has 17 heavy (non-hydrogen) atoms. The van der Waals surface area contributed by atoms with Gasteiger partial charge in [0, 0.05) is 11.3 Å². The van der Waals surface area contributed by atoms with Crippen LogP contribution < -0.4 is 4.74 Å². The number of nitrogens with one attached hydrogen (secondary N) is 1. The van der Waals surface area contributed by atoms with Gasteiger partial charge < -0.3 is 14.8 Å². The van der Waals surface area contributed by atoms with Gasteiger partial charge in [-0.15, -0.1) is 0 Å². The molecule has 4 heteroatoms. The van der Waals surface area contributed by atoms with Crippen molar-refractivity contribution in [3.63, 3.8) is 0 Å². The van der Waals surface area contributed by atoms with Gasteiger partial charge in [-0.1, -0.05) is 19.1 Å². The number of ether oxygens (including phenoxy) is 1. The van der Waals surface area contributed by atoms with Gasteiger partial charge in [0.25, 0.3) is 0 Å². The molecule has 0 unspecified atom stereocenters. The van der Waals surface area contributed by atoms with E-state index in [-0.39, 0.29) is 6.61 Å². The van der Waals surface area contributed by atoms with Crippen LogP contribution in [0, 0.1) is 0 Å². The lowest BCUT2D eigenvalue weighted by Crippen LogP contribution is -1.87. The van der Waals surface area contributed by atoms with Crippen LogP contribution in [-0.2, 0) is 13.0 Å². The maximum Gasteiger partial charge on any atom is 0.132 e. The highest BCUT2D eigenvalue weighted by atomic mass is 16.5. The molecule has 1 aromatic heterocycles. The molecule has 0 fully saturated rings. The molecule has 0 atom stereocenters. The van der Waals surface area contributed by atoms with Gasteiger partial charge in [0.15, 0.2) is 0 Å². The normalized spacial score (nSPS) is 10.5. The highest BCUT2D eigenvalue weighted by Crippen LogP contribution is 2.25. The first kappa shape index (κ1) is 11.7. The summed E-state index contributed by atoms with van der Waals surface area (Å²) < 4.78 is 5.20. The molecule has 90 valence electrons. The van der Waals surface area contributed by atoms with Crippen molar-refractivity contribution < 1.29 is 9.84 Å². The SMILES string of the molecule is CCc1[nH]c(CO)nc1-c1cccc(OC)c1. The number of aliphatic hydroxyl groups excluding tert-OH is 1. The number of aromatic nitrogens is 2. The van der Waals surface area contributed by atoms with Crippen LogP contribution in [0.5, 0.6) is 5.75 Å². The van der Waals surface area contributed by atoms with E-state index in [1.54, 1.807) is 7.11 Å². The van der Waals surface area contributed by atoms with E-state index in [9.17, 15) is 0 Å². The Bertz CT molecular complexity index is 506. The third-order valence-corrected chi connectivity index (χ3v) is 2.67. The number of hydrogen-bond acceptors (Lipinski definition) is 3. The minimum atomic E-state index is -0.0725. The minimum absolute atomic E-state index is 0.0725. The second-order valence-electron chi connectivity index (χ2n) is 3.75. The van der Waals surface area contributed by atoms with Crippen molar-refractivity contribution in [2.75, 3.05) is 7.11 Å². The summed E-state index contributed by atoms with van der Waals surface area (Å²) in [5.74, 6) is 1.40. The van der Waals surface area contributed by atoms with Crippen molar-refractivity contribution in [1.82, 2.24) is 9.97 Å². The first-order chi connectivity index (χ1) is 8.28. The van der Waals surface area contributed by atoms with Gasteiger partial charge in [0.05, 0.1) is 12.8 Å². The second kappa shape index (κ2) is 5.01. The Kier molecular flexibility index (Phi) is 3.44. The average Bonchev–Trinajstić information content (AvgIpc) is 2.82. The Morgan fingerprint density at radius 2 is 2.24 bits per heavy atom. The minimum Gasteiger partial charge on any atom is -0.497 e. The standard InChI is InChI=1S/C13H16N2O2/c1-3-11-13(15-12(8-16)14-11)9-5-4-6-10(7-9)17-2/h4-7,16H,3,8H2,1-2H3,(H,14,15). The smallest absolute Gasteiger partial charge is 0.132 e. The summed E-state index contributed by atoms with van der Waals surface area (Å²) in [6.45, 7) is 1.98. The predicted molar refractivity (Wildman–Crippen MR) is 65.9 cm³/mol. The summed E-state index contributed by atoms with van der Waals surface area (Å²) in [6.07, 6.45) is 0.847. The maximum atomic E-state index is 9.10. The van der Waals surface area contributed by atoms with Crippen molar-refractivity contribution in [3.05, 3.63) is 35.8 Å². The zero-order valence-corrected chi connectivity index (χ0v) is 10.0. The van der Waals surface area contributed by atoms with Gasteiger partial charge in [-0.05, 0) is 18.6 Å². The maximum absolute atomic E-state index is 9.10. The molecular weight excluding hydrogens is 216 g/mol. The molecule has 4 nitrogen and oxygen atoms in total. The number of hydrogen-bond donors (Lipinski definition) is 2. The first-order valence-corrected chi connectivity index (χ1v) is 5.61. The van der Waals surface area contributed by atoms with E-state index in [2.05, 4.69) is 16.9 Å². The Labute approximate surface area is 100 Å². The Morgan fingerprint density at radius 3 is 2.88 bits per heavy atom. The molecule has 0 aliphatic heterocycles. The summed E-state index contributed by atoms with van der Waals surface area (Å²) in [6, 6.07) is 7.76. The first-order valence-electron chi connectivity index (χ1n) is 5.61. The van der Waals surface area contributed by atoms with Crippen LogP contribution >= 0.6 is 0 Å². The van der Waals surface area contributed by atoms with Crippen molar-refractivity contribution >= 4 is 0 Å². The molecule has 2 N–H and O–H groups in total. The second-order valence-corrected chi connectivity index (χ2v) is 3.75. The van der Waals surface area contributed by atoms with Crippen molar-refractivity contribution in [1.29, 1.82) is 0 Å². The van der Waals surface area contributed by atoms with E-state index in [0.29, 0.717) is 5.82 Å². The predicted octanol–water partition coefficient (Wildman–Crippen LogP) is 2.14. The molecule has 0 amide bonds. The lowest BCUT2D eigenvalue weighted by Gasteiger charge is -2.03. The molecule has 0 spiro atoms. The van der Waals surface area contributed by atoms with Crippen LogP contribution in [0.15, 0.2) is 24.3 Å². The zero-order chi connectivity index (χ0) is 12.3. The molecule has 0 aliphatic carbocycles. The highest BCUT2D eigenvalue weighted by Gasteiger charge is 2.10. The third-order valence-electron chi connectivity index (χ3n) is 2.67. The fourth-order valence-corrected chi connectivity index (χ4v) is 1.80. The van der Waals surface area contributed by atoms with E-state index < -0.39 is 0 Å². The number of aliphatic hydroxyl groups is 1. The summed E-state index contributed by atoms with van der Waals surface area (Å²) in [5, 5.41) is 9.10. The highest BCUT2D eigenvalue weighted by molar-refractivity contribution is 5.64. The van der Waals surface area contributed by atoms with E-state index in [1.165, 1.54) is 0 Å². The van der Waals surface area contributed by atoms with Crippen molar-refractivity contribution in [2.45, 2.75) is 20.0 Å². The molecule has 2 rings (SSSR count). The molecule has 1 heterocycles.